The molecule has 0 saturated heterocycles. The average Bonchev–Trinajstić information content (AvgIpc) is 2.94. The lowest BCUT2D eigenvalue weighted by Gasteiger charge is -1.91. The van der Waals surface area contributed by atoms with Crippen LogP contribution in [0.15, 0.2) is 29.6 Å². The molecule has 0 unspecified atom stereocenters. The molecule has 0 radical (unpaired) electrons. The van der Waals surface area contributed by atoms with Crippen molar-refractivity contribution in [1.29, 1.82) is 0 Å². The number of benzene rings is 1. The third-order valence-corrected chi connectivity index (χ3v) is 4.30. The molecule has 3 aromatic rings. The number of hydrogen-bond acceptors (Lipinski definition) is 5. The van der Waals surface area contributed by atoms with Gasteiger partial charge in [0.1, 0.15) is 10.0 Å². The van der Waals surface area contributed by atoms with E-state index >= 15 is 0 Å². The molecule has 5 heteroatoms. The highest BCUT2D eigenvalue weighted by molar-refractivity contribution is 7.19. The molecule has 0 fully saturated rings. The summed E-state index contributed by atoms with van der Waals surface area (Å²) in [6, 6.07) is 8.33. The van der Waals surface area contributed by atoms with Gasteiger partial charge < -0.3 is 5.73 Å². The highest BCUT2D eigenvalue weighted by Gasteiger charge is 2.10. The van der Waals surface area contributed by atoms with E-state index in [9.17, 15) is 0 Å². The van der Waals surface area contributed by atoms with Crippen molar-refractivity contribution in [2.75, 3.05) is 0 Å². The molecule has 80 valence electrons. The SMILES string of the molecule is NCc1nnc(-c2csc3ccccc23)s1. The number of fused-ring (bicyclic) bond motifs is 1. The van der Waals surface area contributed by atoms with Crippen LogP contribution in [-0.2, 0) is 6.54 Å². The van der Waals surface area contributed by atoms with E-state index in [1.54, 1.807) is 22.7 Å². The second-order valence-electron chi connectivity index (χ2n) is 3.35. The quantitative estimate of drug-likeness (QED) is 0.757. The van der Waals surface area contributed by atoms with Crippen LogP contribution >= 0.6 is 22.7 Å². The Hall–Kier alpha value is -1.30. The lowest BCUT2D eigenvalue weighted by Crippen LogP contribution is -1.94. The monoisotopic (exact) mass is 247 g/mol. The molecule has 0 aliphatic rings. The number of aromatic nitrogens is 2. The molecule has 0 aliphatic heterocycles. The fourth-order valence-electron chi connectivity index (χ4n) is 1.59. The molecule has 1 aromatic carbocycles. The minimum absolute atomic E-state index is 0.458. The Morgan fingerprint density at radius 2 is 2.06 bits per heavy atom. The molecular weight excluding hydrogens is 238 g/mol. The van der Waals surface area contributed by atoms with Gasteiger partial charge in [0.2, 0.25) is 0 Å². The normalized spacial score (nSPS) is 11.1. The third kappa shape index (κ3) is 1.53. The summed E-state index contributed by atoms with van der Waals surface area (Å²) in [4.78, 5) is 0. The van der Waals surface area contributed by atoms with Crippen molar-refractivity contribution >= 4 is 32.8 Å². The van der Waals surface area contributed by atoms with Crippen LogP contribution in [0.5, 0.6) is 0 Å². The summed E-state index contributed by atoms with van der Waals surface area (Å²) in [5, 5.41) is 13.4. The van der Waals surface area contributed by atoms with Crippen LogP contribution in [0.4, 0.5) is 0 Å². The zero-order valence-corrected chi connectivity index (χ0v) is 10.0. The molecule has 0 bridgehead atoms. The van der Waals surface area contributed by atoms with E-state index in [1.165, 1.54) is 10.1 Å². The maximum Gasteiger partial charge on any atom is 0.149 e. The van der Waals surface area contributed by atoms with Crippen LogP contribution < -0.4 is 5.73 Å². The highest BCUT2D eigenvalue weighted by Crippen LogP contribution is 2.34. The van der Waals surface area contributed by atoms with Gasteiger partial charge in [0.25, 0.3) is 0 Å². The average molecular weight is 247 g/mol. The molecule has 2 heterocycles. The summed E-state index contributed by atoms with van der Waals surface area (Å²) in [7, 11) is 0. The smallest absolute Gasteiger partial charge is 0.149 e. The van der Waals surface area contributed by atoms with Gasteiger partial charge >= 0.3 is 0 Å². The molecule has 0 spiro atoms. The molecule has 3 rings (SSSR count). The Balaban J connectivity index is 2.18. The van der Waals surface area contributed by atoms with Gasteiger partial charge in [0, 0.05) is 27.6 Å². The molecule has 16 heavy (non-hydrogen) atoms. The van der Waals surface area contributed by atoms with E-state index in [4.69, 9.17) is 5.73 Å². The fraction of sp³-hybridized carbons (Fsp3) is 0.0909. The van der Waals surface area contributed by atoms with Gasteiger partial charge in [-0.3, -0.25) is 0 Å². The van der Waals surface area contributed by atoms with Crippen molar-refractivity contribution in [2.45, 2.75) is 6.54 Å². The summed E-state index contributed by atoms with van der Waals surface area (Å²) in [6.07, 6.45) is 0. The summed E-state index contributed by atoms with van der Waals surface area (Å²) in [5.74, 6) is 0. The lowest BCUT2D eigenvalue weighted by atomic mass is 10.2. The molecular formula is C11H9N3S2. The topological polar surface area (TPSA) is 51.8 Å². The first-order valence-electron chi connectivity index (χ1n) is 4.87. The Morgan fingerprint density at radius 3 is 2.88 bits per heavy atom. The summed E-state index contributed by atoms with van der Waals surface area (Å²) >= 11 is 3.30. The maximum absolute atomic E-state index is 5.54. The van der Waals surface area contributed by atoms with Crippen LogP contribution in [0.2, 0.25) is 0 Å². The van der Waals surface area contributed by atoms with Gasteiger partial charge in [-0.1, -0.05) is 29.5 Å². The summed E-state index contributed by atoms with van der Waals surface area (Å²) < 4.78 is 1.28. The second-order valence-corrected chi connectivity index (χ2v) is 5.32. The minimum atomic E-state index is 0.458. The van der Waals surface area contributed by atoms with Gasteiger partial charge in [0.05, 0.1) is 0 Å². The zero-order valence-electron chi connectivity index (χ0n) is 8.38. The van der Waals surface area contributed by atoms with Crippen LogP contribution in [0.3, 0.4) is 0 Å². The number of rotatable bonds is 2. The molecule has 0 saturated carbocycles. The second kappa shape index (κ2) is 3.93. The predicted octanol–water partition coefficient (Wildman–Crippen LogP) is 2.88. The van der Waals surface area contributed by atoms with Crippen molar-refractivity contribution < 1.29 is 0 Å². The van der Waals surface area contributed by atoms with E-state index < -0.39 is 0 Å². The first kappa shape index (κ1) is 9.89. The molecule has 0 aliphatic carbocycles. The number of nitrogens with two attached hydrogens (primary N) is 1. The highest BCUT2D eigenvalue weighted by atomic mass is 32.1. The third-order valence-electron chi connectivity index (χ3n) is 2.35. The maximum atomic E-state index is 5.54. The number of nitrogens with zero attached hydrogens (tertiary/aromatic N) is 2. The first-order valence-corrected chi connectivity index (χ1v) is 6.57. The Kier molecular flexibility index (Phi) is 2.43. The van der Waals surface area contributed by atoms with Crippen LogP contribution in [0, 0.1) is 0 Å². The van der Waals surface area contributed by atoms with Crippen molar-refractivity contribution in [2.24, 2.45) is 5.73 Å². The van der Waals surface area contributed by atoms with E-state index in [0.717, 1.165) is 15.6 Å². The van der Waals surface area contributed by atoms with Gasteiger partial charge in [-0.2, -0.15) is 0 Å². The van der Waals surface area contributed by atoms with Crippen molar-refractivity contribution in [3.63, 3.8) is 0 Å². The van der Waals surface area contributed by atoms with Crippen molar-refractivity contribution in [1.82, 2.24) is 10.2 Å². The molecule has 0 atom stereocenters. The van der Waals surface area contributed by atoms with Gasteiger partial charge in [-0.25, -0.2) is 0 Å². The minimum Gasteiger partial charge on any atom is -0.324 e. The van der Waals surface area contributed by atoms with Gasteiger partial charge in [-0.05, 0) is 6.07 Å². The number of thiophene rings is 1. The van der Waals surface area contributed by atoms with Crippen molar-refractivity contribution in [3.8, 4) is 10.6 Å². The lowest BCUT2D eigenvalue weighted by molar-refractivity contribution is 0.960. The largest absolute Gasteiger partial charge is 0.324 e. The standard InChI is InChI=1S/C11H9N3S2/c12-5-10-13-14-11(16-10)8-6-15-9-4-2-1-3-7(8)9/h1-4,6H,5,12H2. The van der Waals surface area contributed by atoms with Gasteiger partial charge in [0.15, 0.2) is 0 Å². The predicted molar refractivity (Wildman–Crippen MR) is 68.6 cm³/mol. The van der Waals surface area contributed by atoms with Gasteiger partial charge in [-0.15, -0.1) is 21.5 Å². The first-order chi connectivity index (χ1) is 7.88. The molecule has 2 N–H and O–H groups in total. The Bertz CT molecular complexity index is 627. The van der Waals surface area contributed by atoms with E-state index in [-0.39, 0.29) is 0 Å². The van der Waals surface area contributed by atoms with E-state index in [1.807, 2.05) is 12.1 Å². The fourth-order valence-corrected chi connectivity index (χ4v) is 3.36. The van der Waals surface area contributed by atoms with E-state index in [2.05, 4.69) is 27.7 Å². The summed E-state index contributed by atoms with van der Waals surface area (Å²) in [5.41, 5.74) is 6.70. The molecule has 2 aromatic heterocycles. The van der Waals surface area contributed by atoms with Crippen LogP contribution in [0.1, 0.15) is 5.01 Å². The number of hydrogen-bond donors (Lipinski definition) is 1. The van der Waals surface area contributed by atoms with E-state index in [0.29, 0.717) is 6.54 Å². The molecule has 0 amide bonds. The van der Waals surface area contributed by atoms with Crippen molar-refractivity contribution in [3.05, 3.63) is 34.7 Å². The Labute approximate surface area is 101 Å². The summed E-state index contributed by atoms with van der Waals surface area (Å²) in [6.45, 7) is 0.458. The van der Waals surface area contributed by atoms with Crippen LogP contribution in [0.25, 0.3) is 20.7 Å². The molecule has 3 nitrogen and oxygen atoms in total. The van der Waals surface area contributed by atoms with Crippen LogP contribution in [-0.4, -0.2) is 10.2 Å². The zero-order chi connectivity index (χ0) is 11.0. The Morgan fingerprint density at radius 1 is 1.19 bits per heavy atom.